The van der Waals surface area contributed by atoms with Gasteiger partial charge in [-0.2, -0.15) is 10.5 Å². The Bertz CT molecular complexity index is 1750. The van der Waals surface area contributed by atoms with Crippen LogP contribution in [0, 0.1) is 40.9 Å². The van der Waals surface area contributed by atoms with Crippen LogP contribution >= 0.6 is 0 Å². The molecule has 1 saturated carbocycles. The standard InChI is InChI=1S/C35H36N6O3/c1-23-4-3-11-39-31(23)22-43-27-5-6-29(25(14-27)18-36)41-34-26(19-37)20-40-30-16-33(32(42-2)15-28(30)34)44-21-24-7-8-35(17-24)9-12-38-13-10-35/h3-6,11,14-16,20,24,38H,7-10,12-13,17,21-22H2,1-2H3,(H,40,41). The van der Waals surface area contributed by atoms with E-state index in [9.17, 15) is 10.5 Å². The molecule has 9 heteroatoms. The van der Waals surface area contributed by atoms with Crippen LogP contribution in [0.4, 0.5) is 11.4 Å². The highest BCUT2D eigenvalue weighted by Gasteiger charge is 2.39. The van der Waals surface area contributed by atoms with Gasteiger partial charge in [-0.25, -0.2) is 0 Å². The zero-order chi connectivity index (χ0) is 30.5. The van der Waals surface area contributed by atoms with E-state index in [2.05, 4.69) is 32.7 Å². The zero-order valence-electron chi connectivity index (χ0n) is 25.2. The molecule has 9 nitrogen and oxygen atoms in total. The van der Waals surface area contributed by atoms with E-state index in [1.807, 2.05) is 31.2 Å². The fourth-order valence-electron chi connectivity index (χ4n) is 6.55. The highest BCUT2D eigenvalue weighted by Crippen LogP contribution is 2.48. The fourth-order valence-corrected chi connectivity index (χ4v) is 6.55. The Labute approximate surface area is 257 Å². The summed E-state index contributed by atoms with van der Waals surface area (Å²) in [6.45, 7) is 5.13. The second-order valence-corrected chi connectivity index (χ2v) is 11.8. The van der Waals surface area contributed by atoms with Crippen molar-refractivity contribution >= 4 is 22.3 Å². The second-order valence-electron chi connectivity index (χ2n) is 11.8. The molecule has 2 aromatic carbocycles. The molecule has 1 saturated heterocycles. The van der Waals surface area contributed by atoms with Crippen LogP contribution in [-0.2, 0) is 6.61 Å². The summed E-state index contributed by atoms with van der Waals surface area (Å²) in [5.74, 6) is 2.27. The van der Waals surface area contributed by atoms with Crippen LogP contribution in [0.5, 0.6) is 17.2 Å². The summed E-state index contributed by atoms with van der Waals surface area (Å²) in [5.41, 5.74) is 4.81. The minimum Gasteiger partial charge on any atom is -0.493 e. The number of hydrogen-bond acceptors (Lipinski definition) is 9. The molecular weight excluding hydrogens is 552 g/mol. The number of pyridine rings is 2. The number of piperidine rings is 1. The summed E-state index contributed by atoms with van der Waals surface area (Å²) in [6.07, 6.45) is 9.42. The van der Waals surface area contributed by atoms with Gasteiger partial charge in [0.15, 0.2) is 11.5 Å². The van der Waals surface area contributed by atoms with E-state index in [1.165, 1.54) is 38.3 Å². The number of nitriles is 2. The second kappa shape index (κ2) is 12.8. The average molecular weight is 589 g/mol. The number of aryl methyl sites for hydroxylation is 1. The largest absolute Gasteiger partial charge is 0.493 e. The van der Waals surface area contributed by atoms with Crippen molar-refractivity contribution < 1.29 is 14.2 Å². The molecule has 2 aromatic heterocycles. The van der Waals surface area contributed by atoms with Crippen LogP contribution in [0.3, 0.4) is 0 Å². The number of benzene rings is 2. The molecule has 0 radical (unpaired) electrons. The number of rotatable bonds is 9. The summed E-state index contributed by atoms with van der Waals surface area (Å²) in [7, 11) is 1.61. The third kappa shape index (κ3) is 6.10. The van der Waals surface area contributed by atoms with Crippen molar-refractivity contribution in [1.29, 1.82) is 10.5 Å². The Kier molecular flexibility index (Phi) is 8.49. The van der Waals surface area contributed by atoms with E-state index in [1.54, 1.807) is 31.5 Å². The highest BCUT2D eigenvalue weighted by molar-refractivity contribution is 5.98. The molecule has 6 rings (SSSR count). The fraction of sp³-hybridized carbons (Fsp3) is 0.371. The Morgan fingerprint density at radius 3 is 2.61 bits per heavy atom. The van der Waals surface area contributed by atoms with Gasteiger partial charge in [0.05, 0.1) is 47.4 Å². The molecule has 2 fully saturated rings. The van der Waals surface area contributed by atoms with Crippen molar-refractivity contribution in [3.05, 3.63) is 77.2 Å². The molecule has 1 aliphatic carbocycles. The Balaban J connectivity index is 1.23. The lowest BCUT2D eigenvalue weighted by Crippen LogP contribution is -2.35. The van der Waals surface area contributed by atoms with Gasteiger partial charge in [0.25, 0.3) is 0 Å². The molecule has 2 aliphatic rings. The van der Waals surface area contributed by atoms with E-state index in [0.29, 0.717) is 75.2 Å². The number of hydrogen-bond donors (Lipinski definition) is 2. The third-order valence-corrected chi connectivity index (χ3v) is 9.08. The lowest BCUT2D eigenvalue weighted by molar-refractivity contribution is 0.181. The first-order valence-electron chi connectivity index (χ1n) is 15.1. The average Bonchev–Trinajstić information content (AvgIpc) is 3.45. The number of nitrogens with one attached hydrogen (secondary N) is 2. The van der Waals surface area contributed by atoms with Gasteiger partial charge in [-0.15, -0.1) is 0 Å². The predicted molar refractivity (Wildman–Crippen MR) is 168 cm³/mol. The summed E-state index contributed by atoms with van der Waals surface area (Å²) in [6, 6.07) is 17.3. The topological polar surface area (TPSA) is 125 Å². The number of anilines is 2. The smallest absolute Gasteiger partial charge is 0.163 e. The van der Waals surface area contributed by atoms with Crippen LogP contribution in [0.1, 0.15) is 54.5 Å². The maximum absolute atomic E-state index is 9.96. The van der Waals surface area contributed by atoms with Crippen molar-refractivity contribution in [3.63, 3.8) is 0 Å². The van der Waals surface area contributed by atoms with E-state index in [0.717, 1.165) is 24.3 Å². The maximum Gasteiger partial charge on any atom is 0.163 e. The number of ether oxygens (including phenoxy) is 3. The van der Waals surface area contributed by atoms with Gasteiger partial charge in [0.2, 0.25) is 0 Å². The summed E-state index contributed by atoms with van der Waals surface area (Å²) < 4.78 is 18.0. The third-order valence-electron chi connectivity index (χ3n) is 9.08. The lowest BCUT2D eigenvalue weighted by atomic mass is 9.77. The molecule has 224 valence electrons. The van der Waals surface area contributed by atoms with Gasteiger partial charge in [-0.1, -0.05) is 6.07 Å². The SMILES string of the molecule is COc1cc2c(Nc3ccc(OCc4ncccc4C)cc3C#N)c(C#N)cnc2cc1OCC1CCC2(CCNCC2)C1. The zero-order valence-corrected chi connectivity index (χ0v) is 25.2. The molecule has 4 aromatic rings. The Hall–Kier alpha value is -4.86. The number of methoxy groups -OCH3 is 1. The number of fused-ring (bicyclic) bond motifs is 1. The van der Waals surface area contributed by atoms with Crippen molar-refractivity contribution in [3.8, 4) is 29.4 Å². The summed E-state index contributed by atoms with van der Waals surface area (Å²) >= 11 is 0. The van der Waals surface area contributed by atoms with Crippen LogP contribution in [0.2, 0.25) is 0 Å². The molecule has 2 N–H and O–H groups in total. The molecule has 0 bridgehead atoms. The van der Waals surface area contributed by atoms with Gasteiger partial charge in [0, 0.05) is 29.9 Å². The Morgan fingerprint density at radius 1 is 1.00 bits per heavy atom. The number of nitrogens with zero attached hydrogens (tertiary/aromatic N) is 4. The van der Waals surface area contributed by atoms with Gasteiger partial charge in [-0.3, -0.25) is 9.97 Å². The molecule has 1 atom stereocenters. The van der Waals surface area contributed by atoms with Crippen molar-refractivity contribution in [2.24, 2.45) is 11.3 Å². The summed E-state index contributed by atoms with van der Waals surface area (Å²) in [4.78, 5) is 8.93. The van der Waals surface area contributed by atoms with Crippen molar-refractivity contribution in [1.82, 2.24) is 15.3 Å². The first-order valence-corrected chi connectivity index (χ1v) is 15.1. The molecule has 44 heavy (non-hydrogen) atoms. The molecule has 0 amide bonds. The van der Waals surface area contributed by atoms with Crippen molar-refractivity contribution in [2.45, 2.75) is 45.6 Å². The minimum atomic E-state index is 0.293. The van der Waals surface area contributed by atoms with Crippen LogP contribution < -0.4 is 24.8 Å². The van der Waals surface area contributed by atoms with E-state index in [4.69, 9.17) is 14.2 Å². The Morgan fingerprint density at radius 2 is 1.84 bits per heavy atom. The first-order chi connectivity index (χ1) is 21.5. The molecule has 1 spiro atoms. The molecule has 3 heterocycles. The summed E-state index contributed by atoms with van der Waals surface area (Å²) in [5, 5.41) is 27.4. The normalized spacial score (nSPS) is 17.1. The predicted octanol–water partition coefficient (Wildman–Crippen LogP) is 6.56. The monoisotopic (exact) mass is 588 g/mol. The van der Waals surface area contributed by atoms with Crippen LogP contribution in [-0.4, -0.2) is 36.8 Å². The van der Waals surface area contributed by atoms with Gasteiger partial charge >= 0.3 is 0 Å². The van der Waals surface area contributed by atoms with Crippen molar-refractivity contribution in [2.75, 3.05) is 32.1 Å². The lowest BCUT2D eigenvalue weighted by Gasteiger charge is -2.34. The van der Waals surface area contributed by atoms with Gasteiger partial charge in [0.1, 0.15) is 24.5 Å². The molecule has 1 unspecified atom stereocenters. The van der Waals surface area contributed by atoms with E-state index < -0.39 is 0 Å². The first kappa shape index (κ1) is 29.2. The minimum absolute atomic E-state index is 0.293. The van der Waals surface area contributed by atoms with Gasteiger partial charge < -0.3 is 24.8 Å². The van der Waals surface area contributed by atoms with E-state index in [-0.39, 0.29) is 0 Å². The molecule has 1 aliphatic heterocycles. The van der Waals surface area contributed by atoms with Crippen LogP contribution in [0.25, 0.3) is 10.9 Å². The van der Waals surface area contributed by atoms with Gasteiger partial charge in [-0.05, 0) is 93.3 Å². The van der Waals surface area contributed by atoms with E-state index >= 15 is 0 Å². The number of aromatic nitrogens is 2. The highest BCUT2D eigenvalue weighted by atomic mass is 16.5. The quantitative estimate of drug-likeness (QED) is 0.224. The van der Waals surface area contributed by atoms with Crippen LogP contribution in [0.15, 0.2) is 54.9 Å². The molecular formula is C35H36N6O3. The maximum atomic E-state index is 9.96.